The molecule has 0 amide bonds. The summed E-state index contributed by atoms with van der Waals surface area (Å²) < 4.78 is 0.567. The molecule has 0 atom stereocenters. The van der Waals surface area contributed by atoms with E-state index in [4.69, 9.17) is 0 Å². The Morgan fingerprint density at radius 1 is 1.21 bits per heavy atom. The molecule has 0 aliphatic carbocycles. The Hall–Kier alpha value is -1.77. The molecule has 0 fully saturated rings. The minimum Gasteiger partial charge on any atom is -0.616 e. The molecule has 14 heavy (non-hydrogen) atoms. The fraction of sp³-hybridized carbons (Fsp3) is 0.182. The molecule has 0 unspecified atom stereocenters. The summed E-state index contributed by atoms with van der Waals surface area (Å²) in [6.45, 7) is 3.73. The molecule has 3 heteroatoms. The highest BCUT2D eigenvalue weighted by Gasteiger charge is 2.13. The van der Waals surface area contributed by atoms with E-state index in [-0.39, 0.29) is 5.88 Å². The quantitative estimate of drug-likeness (QED) is 0.507. The number of nitrogens with zero attached hydrogens (tertiary/aromatic N) is 1. The van der Waals surface area contributed by atoms with Gasteiger partial charge in [0, 0.05) is 5.56 Å². The Labute approximate surface area is 81.8 Å². The molecule has 0 bridgehead atoms. The fourth-order valence-electron chi connectivity index (χ4n) is 1.69. The predicted molar refractivity (Wildman–Crippen MR) is 54.0 cm³/mol. The molecule has 1 aromatic heterocycles. The molecule has 0 aliphatic heterocycles. The van der Waals surface area contributed by atoms with Gasteiger partial charge in [-0.1, -0.05) is 12.1 Å². The fourth-order valence-corrected chi connectivity index (χ4v) is 1.69. The van der Waals surface area contributed by atoms with Crippen molar-refractivity contribution in [3.63, 3.8) is 0 Å². The summed E-state index contributed by atoms with van der Waals surface area (Å²) in [5, 5.41) is 21.8. The van der Waals surface area contributed by atoms with E-state index >= 15 is 0 Å². The van der Waals surface area contributed by atoms with E-state index in [1.165, 1.54) is 6.07 Å². The van der Waals surface area contributed by atoms with Gasteiger partial charge in [-0.25, -0.2) is 0 Å². The number of aromatic nitrogens is 1. The first-order chi connectivity index (χ1) is 6.61. The molecule has 0 aliphatic rings. The summed E-state index contributed by atoms with van der Waals surface area (Å²) in [7, 11) is 0. The Morgan fingerprint density at radius 2 is 1.93 bits per heavy atom. The minimum atomic E-state index is -0.246. The third-order valence-corrected chi connectivity index (χ3v) is 2.42. The van der Waals surface area contributed by atoms with Gasteiger partial charge in [0.15, 0.2) is 0 Å². The number of rotatable bonds is 0. The van der Waals surface area contributed by atoms with Crippen LogP contribution >= 0.6 is 0 Å². The number of para-hydroxylation sites is 1. The van der Waals surface area contributed by atoms with E-state index < -0.39 is 0 Å². The van der Waals surface area contributed by atoms with Gasteiger partial charge in [-0.05, 0) is 25.5 Å². The normalized spacial score (nSPS) is 10.7. The number of benzene rings is 1. The smallest absolute Gasteiger partial charge is 0.377 e. The molecule has 1 heterocycles. The summed E-state index contributed by atoms with van der Waals surface area (Å²) in [5.74, 6) is -0.246. The Morgan fingerprint density at radius 3 is 2.64 bits per heavy atom. The second-order valence-electron chi connectivity index (χ2n) is 3.45. The number of aryl methyl sites for hydroxylation is 2. The topological polar surface area (TPSA) is 47.2 Å². The van der Waals surface area contributed by atoms with E-state index in [1.54, 1.807) is 0 Å². The Bertz CT molecular complexity index is 506. The average molecular weight is 189 g/mol. The number of hydrogen-bond acceptors (Lipinski definition) is 2. The maximum Gasteiger partial charge on any atom is 0.377 e. The first-order valence-electron chi connectivity index (χ1n) is 4.42. The van der Waals surface area contributed by atoms with Gasteiger partial charge in [0.25, 0.3) is 0 Å². The number of aromatic hydroxyl groups is 1. The van der Waals surface area contributed by atoms with E-state index in [1.807, 2.05) is 32.0 Å². The van der Waals surface area contributed by atoms with Crippen molar-refractivity contribution >= 4 is 10.9 Å². The van der Waals surface area contributed by atoms with Crippen LogP contribution in [-0.4, -0.2) is 5.11 Å². The van der Waals surface area contributed by atoms with Gasteiger partial charge in [-0.15, -0.1) is 4.73 Å². The molecule has 72 valence electrons. The number of hydrogen-bond donors (Lipinski definition) is 1. The van der Waals surface area contributed by atoms with E-state index in [0.717, 1.165) is 16.5 Å². The van der Waals surface area contributed by atoms with Gasteiger partial charge in [-0.2, -0.15) is 0 Å². The van der Waals surface area contributed by atoms with Gasteiger partial charge >= 0.3 is 5.88 Å². The lowest BCUT2D eigenvalue weighted by molar-refractivity contribution is -0.586. The van der Waals surface area contributed by atoms with Crippen LogP contribution in [0.4, 0.5) is 0 Å². The molecule has 1 N–H and O–H groups in total. The second-order valence-corrected chi connectivity index (χ2v) is 3.45. The standard InChI is InChI=1S/C11H11NO2/c1-7-4-3-5-9-8(2)6-10(13)12(14)11(7)9/h3-6,13H,1-2H3. The van der Waals surface area contributed by atoms with Crippen LogP contribution < -0.4 is 4.73 Å². The van der Waals surface area contributed by atoms with Crippen molar-refractivity contribution in [2.45, 2.75) is 13.8 Å². The second kappa shape index (κ2) is 2.87. The number of fused-ring (bicyclic) bond motifs is 1. The van der Waals surface area contributed by atoms with Gasteiger partial charge in [0.2, 0.25) is 5.52 Å². The molecule has 2 rings (SSSR count). The maximum absolute atomic E-state index is 11.6. The number of pyridine rings is 1. The third kappa shape index (κ3) is 1.09. The average Bonchev–Trinajstić information content (AvgIpc) is 2.14. The summed E-state index contributed by atoms with van der Waals surface area (Å²) in [6.07, 6.45) is 0. The third-order valence-electron chi connectivity index (χ3n) is 2.42. The van der Waals surface area contributed by atoms with Gasteiger partial charge in [-0.3, -0.25) is 0 Å². The lowest BCUT2D eigenvalue weighted by Crippen LogP contribution is -2.28. The SMILES string of the molecule is Cc1cc(O)[n+]([O-])c2c(C)cccc12. The van der Waals surface area contributed by atoms with Crippen LogP contribution in [0, 0.1) is 19.1 Å². The Kier molecular flexibility index (Phi) is 1.81. The van der Waals surface area contributed by atoms with E-state index in [2.05, 4.69) is 0 Å². The molecular formula is C11H11NO2. The van der Waals surface area contributed by atoms with Crippen molar-refractivity contribution in [1.82, 2.24) is 0 Å². The van der Waals surface area contributed by atoms with Gasteiger partial charge in [0.05, 0.1) is 11.5 Å². The van der Waals surface area contributed by atoms with Crippen LogP contribution in [0.3, 0.4) is 0 Å². The van der Waals surface area contributed by atoms with Crippen LogP contribution in [0.2, 0.25) is 0 Å². The zero-order valence-corrected chi connectivity index (χ0v) is 8.11. The Balaban J connectivity index is 3.03. The zero-order chi connectivity index (χ0) is 10.3. The van der Waals surface area contributed by atoms with Crippen molar-refractivity contribution in [3.05, 3.63) is 40.6 Å². The molecule has 0 saturated heterocycles. The lowest BCUT2D eigenvalue weighted by atomic mass is 10.1. The highest BCUT2D eigenvalue weighted by atomic mass is 16.5. The van der Waals surface area contributed by atoms with Crippen molar-refractivity contribution < 1.29 is 9.84 Å². The molecule has 3 nitrogen and oxygen atoms in total. The largest absolute Gasteiger partial charge is 0.616 e. The van der Waals surface area contributed by atoms with Crippen molar-refractivity contribution in [1.29, 1.82) is 0 Å². The molecule has 0 radical (unpaired) electrons. The summed E-state index contributed by atoms with van der Waals surface area (Å²) in [5.41, 5.74) is 2.33. The van der Waals surface area contributed by atoms with Crippen LogP contribution in [0.1, 0.15) is 11.1 Å². The first-order valence-corrected chi connectivity index (χ1v) is 4.42. The molecular weight excluding hydrogens is 178 g/mol. The predicted octanol–water partition coefficient (Wildman–Crippen LogP) is 1.80. The van der Waals surface area contributed by atoms with Gasteiger partial charge < -0.3 is 10.3 Å². The summed E-state index contributed by atoms with van der Waals surface area (Å²) in [6, 6.07) is 7.12. The monoisotopic (exact) mass is 189 g/mol. The molecule has 2 aromatic rings. The summed E-state index contributed by atoms with van der Waals surface area (Å²) >= 11 is 0. The molecule has 0 spiro atoms. The van der Waals surface area contributed by atoms with Crippen molar-refractivity contribution in [2.75, 3.05) is 0 Å². The molecule has 1 aromatic carbocycles. The minimum absolute atomic E-state index is 0.246. The van der Waals surface area contributed by atoms with Gasteiger partial charge in [0.1, 0.15) is 0 Å². The van der Waals surface area contributed by atoms with Crippen molar-refractivity contribution in [2.24, 2.45) is 0 Å². The van der Waals surface area contributed by atoms with Crippen LogP contribution in [0.25, 0.3) is 10.9 Å². The lowest BCUT2D eigenvalue weighted by Gasteiger charge is -2.07. The zero-order valence-electron chi connectivity index (χ0n) is 8.11. The highest BCUT2D eigenvalue weighted by molar-refractivity contribution is 5.82. The molecule has 0 saturated carbocycles. The summed E-state index contributed by atoms with van der Waals surface area (Å²) in [4.78, 5) is 0. The highest BCUT2D eigenvalue weighted by Crippen LogP contribution is 2.21. The van der Waals surface area contributed by atoms with E-state index in [0.29, 0.717) is 10.2 Å². The van der Waals surface area contributed by atoms with Crippen LogP contribution in [0.5, 0.6) is 5.88 Å². The van der Waals surface area contributed by atoms with Crippen molar-refractivity contribution in [3.8, 4) is 5.88 Å². The first kappa shape index (κ1) is 8.81. The van der Waals surface area contributed by atoms with E-state index in [9.17, 15) is 10.3 Å². The maximum atomic E-state index is 11.6. The van der Waals surface area contributed by atoms with Crippen LogP contribution in [-0.2, 0) is 0 Å². The van der Waals surface area contributed by atoms with Crippen LogP contribution in [0.15, 0.2) is 24.3 Å².